The van der Waals surface area contributed by atoms with E-state index in [0.717, 1.165) is 38.8 Å². The van der Waals surface area contributed by atoms with Crippen molar-refractivity contribution in [2.24, 2.45) is 0 Å². The Labute approximate surface area is 135 Å². The number of rotatable bonds is 5. The lowest BCUT2D eigenvalue weighted by atomic mass is 9.97. The van der Waals surface area contributed by atoms with E-state index in [1.165, 1.54) is 25.7 Å². The van der Waals surface area contributed by atoms with E-state index in [9.17, 15) is 4.79 Å². The average molecular weight is 319 g/mol. The zero-order chi connectivity index (χ0) is 14.4. The number of hydrogen-bond donors (Lipinski definition) is 1. The Bertz CT molecular complexity index is 309. The fourth-order valence-corrected chi connectivity index (χ4v) is 3.38. The highest BCUT2D eigenvalue weighted by Crippen LogP contribution is 2.23. The summed E-state index contributed by atoms with van der Waals surface area (Å²) in [6.07, 6.45) is 9.21. The maximum absolute atomic E-state index is 12.6. The standard InChI is InChI=1S/C16H30N2O2.ClH/c1-3-15(20-14-9-5-4-6-10-14)16(19)18-11-7-8-13(12-18)17-2;/h13-15,17H,3-12H2,1-2H3;1H. The van der Waals surface area contributed by atoms with Gasteiger partial charge in [-0.15, -0.1) is 12.4 Å². The van der Waals surface area contributed by atoms with Gasteiger partial charge in [-0.05, 0) is 39.2 Å². The van der Waals surface area contributed by atoms with Crippen molar-refractivity contribution in [3.63, 3.8) is 0 Å². The number of hydrogen-bond acceptors (Lipinski definition) is 3. The number of carbonyl (C=O) groups is 1. The summed E-state index contributed by atoms with van der Waals surface area (Å²) >= 11 is 0. The minimum atomic E-state index is -0.228. The molecule has 1 N–H and O–H groups in total. The van der Waals surface area contributed by atoms with Gasteiger partial charge >= 0.3 is 0 Å². The van der Waals surface area contributed by atoms with E-state index in [0.29, 0.717) is 12.1 Å². The molecule has 2 rings (SSSR count). The molecule has 2 fully saturated rings. The van der Waals surface area contributed by atoms with Gasteiger partial charge in [-0.2, -0.15) is 0 Å². The predicted octanol–water partition coefficient (Wildman–Crippen LogP) is 2.75. The molecule has 21 heavy (non-hydrogen) atoms. The molecule has 2 unspecified atom stereocenters. The highest BCUT2D eigenvalue weighted by Gasteiger charge is 2.30. The van der Waals surface area contributed by atoms with Crippen LogP contribution in [0, 0.1) is 0 Å². The summed E-state index contributed by atoms with van der Waals surface area (Å²) in [5.41, 5.74) is 0. The predicted molar refractivity (Wildman–Crippen MR) is 87.9 cm³/mol. The average Bonchev–Trinajstić information content (AvgIpc) is 2.53. The van der Waals surface area contributed by atoms with Crippen molar-refractivity contribution in [3.05, 3.63) is 0 Å². The zero-order valence-electron chi connectivity index (χ0n) is 13.5. The molecule has 0 aromatic carbocycles. The van der Waals surface area contributed by atoms with E-state index in [1.807, 2.05) is 11.9 Å². The fourth-order valence-electron chi connectivity index (χ4n) is 3.38. The Morgan fingerprint density at radius 1 is 1.24 bits per heavy atom. The second kappa shape index (κ2) is 9.65. The van der Waals surface area contributed by atoms with Gasteiger partial charge in [0.15, 0.2) is 0 Å². The quantitative estimate of drug-likeness (QED) is 0.847. The lowest BCUT2D eigenvalue weighted by Gasteiger charge is -2.36. The molecule has 0 bridgehead atoms. The van der Waals surface area contributed by atoms with Gasteiger partial charge in [0.1, 0.15) is 6.10 Å². The Hall–Kier alpha value is -0.320. The molecule has 1 saturated heterocycles. The first-order valence-electron chi connectivity index (χ1n) is 8.36. The van der Waals surface area contributed by atoms with E-state index in [2.05, 4.69) is 12.2 Å². The summed E-state index contributed by atoms with van der Waals surface area (Å²) in [4.78, 5) is 14.6. The number of nitrogens with zero attached hydrogens (tertiary/aromatic N) is 1. The van der Waals surface area contributed by atoms with E-state index < -0.39 is 0 Å². The number of ether oxygens (including phenoxy) is 1. The monoisotopic (exact) mass is 318 g/mol. The van der Waals surface area contributed by atoms with Crippen LogP contribution in [0.2, 0.25) is 0 Å². The minimum absolute atomic E-state index is 0. The van der Waals surface area contributed by atoms with Crippen LogP contribution in [0.1, 0.15) is 58.3 Å². The van der Waals surface area contributed by atoms with Gasteiger partial charge in [0, 0.05) is 19.1 Å². The van der Waals surface area contributed by atoms with Crippen molar-refractivity contribution >= 4 is 18.3 Å². The first-order valence-corrected chi connectivity index (χ1v) is 8.36. The normalized spacial score (nSPS) is 25.2. The molecule has 1 amide bonds. The van der Waals surface area contributed by atoms with Crippen molar-refractivity contribution in [1.29, 1.82) is 0 Å². The Morgan fingerprint density at radius 2 is 1.95 bits per heavy atom. The van der Waals surface area contributed by atoms with Crippen molar-refractivity contribution in [2.75, 3.05) is 20.1 Å². The second-order valence-electron chi connectivity index (χ2n) is 6.21. The maximum Gasteiger partial charge on any atom is 0.251 e. The first-order chi connectivity index (χ1) is 9.74. The van der Waals surface area contributed by atoms with Crippen molar-refractivity contribution in [3.8, 4) is 0 Å². The van der Waals surface area contributed by atoms with E-state index >= 15 is 0 Å². The molecule has 2 aliphatic rings. The molecule has 0 spiro atoms. The Morgan fingerprint density at radius 3 is 2.57 bits per heavy atom. The highest BCUT2D eigenvalue weighted by atomic mass is 35.5. The lowest BCUT2D eigenvalue weighted by Crippen LogP contribution is -2.50. The highest BCUT2D eigenvalue weighted by molar-refractivity contribution is 5.85. The van der Waals surface area contributed by atoms with E-state index in [-0.39, 0.29) is 24.4 Å². The summed E-state index contributed by atoms with van der Waals surface area (Å²) in [5, 5.41) is 3.29. The van der Waals surface area contributed by atoms with Crippen LogP contribution < -0.4 is 5.32 Å². The molecule has 0 aromatic rings. The lowest BCUT2D eigenvalue weighted by molar-refractivity contribution is -0.150. The molecular formula is C16H31ClN2O2. The summed E-state index contributed by atoms with van der Waals surface area (Å²) in [5.74, 6) is 0.207. The third-order valence-electron chi connectivity index (χ3n) is 4.70. The van der Waals surface area contributed by atoms with Gasteiger partial charge in [-0.25, -0.2) is 0 Å². The summed E-state index contributed by atoms with van der Waals surface area (Å²) in [6.45, 7) is 3.78. The SMILES string of the molecule is CCC(OC1CCCCC1)C(=O)N1CCCC(NC)C1.Cl. The second-order valence-corrected chi connectivity index (χ2v) is 6.21. The Kier molecular flexibility index (Phi) is 8.60. The van der Waals surface area contributed by atoms with Gasteiger partial charge in [0.05, 0.1) is 6.10 Å². The number of likely N-dealkylation sites (tertiary alicyclic amines) is 1. The Balaban J connectivity index is 0.00000220. The number of halogens is 1. The molecule has 2 atom stereocenters. The van der Waals surface area contributed by atoms with Gasteiger partial charge in [-0.3, -0.25) is 4.79 Å². The van der Waals surface area contributed by atoms with Gasteiger partial charge in [-0.1, -0.05) is 26.2 Å². The molecular weight excluding hydrogens is 288 g/mol. The number of piperidine rings is 1. The van der Waals surface area contributed by atoms with Crippen molar-refractivity contribution < 1.29 is 9.53 Å². The zero-order valence-corrected chi connectivity index (χ0v) is 14.3. The fraction of sp³-hybridized carbons (Fsp3) is 0.938. The molecule has 1 heterocycles. The number of carbonyl (C=O) groups excluding carboxylic acids is 1. The molecule has 1 saturated carbocycles. The van der Waals surface area contributed by atoms with Crippen LogP contribution in [0.4, 0.5) is 0 Å². The third-order valence-corrected chi connectivity index (χ3v) is 4.70. The summed E-state index contributed by atoms with van der Waals surface area (Å²) in [6, 6.07) is 0.444. The van der Waals surface area contributed by atoms with E-state index in [4.69, 9.17) is 4.74 Å². The summed E-state index contributed by atoms with van der Waals surface area (Å²) < 4.78 is 6.11. The van der Waals surface area contributed by atoms with Crippen LogP contribution in [0.25, 0.3) is 0 Å². The van der Waals surface area contributed by atoms with Crippen LogP contribution in [0.5, 0.6) is 0 Å². The van der Waals surface area contributed by atoms with Crippen LogP contribution >= 0.6 is 12.4 Å². The molecule has 124 valence electrons. The van der Waals surface area contributed by atoms with Gasteiger partial charge in [0.25, 0.3) is 5.91 Å². The third kappa shape index (κ3) is 5.42. The molecule has 5 heteroatoms. The molecule has 0 radical (unpaired) electrons. The maximum atomic E-state index is 12.6. The largest absolute Gasteiger partial charge is 0.365 e. The smallest absolute Gasteiger partial charge is 0.251 e. The summed E-state index contributed by atoms with van der Waals surface area (Å²) in [7, 11) is 1.98. The van der Waals surface area contributed by atoms with E-state index in [1.54, 1.807) is 0 Å². The molecule has 0 aromatic heterocycles. The molecule has 4 nitrogen and oxygen atoms in total. The number of nitrogens with one attached hydrogen (secondary N) is 1. The van der Waals surface area contributed by atoms with Crippen LogP contribution in [0.3, 0.4) is 0 Å². The topological polar surface area (TPSA) is 41.6 Å². The van der Waals surface area contributed by atoms with Gasteiger partial charge in [0.2, 0.25) is 0 Å². The van der Waals surface area contributed by atoms with Crippen molar-refractivity contribution in [2.45, 2.75) is 76.5 Å². The molecule has 1 aliphatic heterocycles. The number of likely N-dealkylation sites (N-methyl/N-ethyl adjacent to an activating group) is 1. The van der Waals surface area contributed by atoms with Gasteiger partial charge < -0.3 is 15.0 Å². The first kappa shape index (κ1) is 18.7. The van der Waals surface area contributed by atoms with Crippen LogP contribution in [-0.4, -0.2) is 49.2 Å². The van der Waals surface area contributed by atoms with Crippen LogP contribution in [-0.2, 0) is 9.53 Å². The number of amides is 1. The molecule has 1 aliphatic carbocycles. The van der Waals surface area contributed by atoms with Crippen molar-refractivity contribution in [1.82, 2.24) is 10.2 Å². The minimum Gasteiger partial charge on any atom is -0.365 e. The van der Waals surface area contributed by atoms with Crippen LogP contribution in [0.15, 0.2) is 0 Å².